The number of nitrogens with one attached hydrogen (secondary N) is 2. The first-order valence-electron chi connectivity index (χ1n) is 8.34. The number of nitrogens with two attached hydrogens (primary N) is 1. The van der Waals surface area contributed by atoms with Crippen molar-refractivity contribution in [2.75, 3.05) is 16.4 Å². The van der Waals surface area contributed by atoms with Crippen LogP contribution in [0.3, 0.4) is 0 Å². The fourth-order valence-electron chi connectivity index (χ4n) is 3.38. The highest BCUT2D eigenvalue weighted by molar-refractivity contribution is 5.41. The van der Waals surface area contributed by atoms with Crippen LogP contribution in [0.5, 0.6) is 0 Å². The predicted octanol–water partition coefficient (Wildman–Crippen LogP) is 2.94. The number of rotatable bonds is 4. The molecule has 0 aromatic carbocycles. The number of hydrogen-bond acceptors (Lipinski definition) is 6. The molecule has 0 spiro atoms. The van der Waals surface area contributed by atoms with Crippen molar-refractivity contribution in [2.45, 2.75) is 76.3 Å². The van der Waals surface area contributed by atoms with E-state index in [-0.39, 0.29) is 0 Å². The Morgan fingerprint density at radius 2 is 1.10 bits per heavy atom. The second-order valence-electron chi connectivity index (χ2n) is 6.30. The van der Waals surface area contributed by atoms with Crippen LogP contribution >= 0.6 is 0 Å². The molecule has 0 aliphatic heterocycles. The first kappa shape index (κ1) is 14.4. The minimum absolute atomic E-state index is 0.293. The van der Waals surface area contributed by atoms with Crippen molar-refractivity contribution in [3.05, 3.63) is 0 Å². The van der Waals surface area contributed by atoms with Crippen LogP contribution in [-0.2, 0) is 0 Å². The van der Waals surface area contributed by atoms with Crippen LogP contribution in [0.25, 0.3) is 0 Å². The Morgan fingerprint density at radius 3 is 1.52 bits per heavy atom. The van der Waals surface area contributed by atoms with E-state index < -0.39 is 0 Å². The van der Waals surface area contributed by atoms with Crippen molar-refractivity contribution in [3.63, 3.8) is 0 Å². The summed E-state index contributed by atoms with van der Waals surface area (Å²) in [5, 5.41) is 6.83. The van der Waals surface area contributed by atoms with E-state index in [4.69, 9.17) is 5.73 Å². The standard InChI is InChI=1S/C15H26N6/c16-13-19-14(17-11-7-3-1-4-8-11)21-15(20-13)18-12-9-5-2-6-10-12/h11-12H,1-10H2,(H4,16,17,18,19,20,21). The van der Waals surface area contributed by atoms with Gasteiger partial charge in [0, 0.05) is 12.1 Å². The SMILES string of the molecule is Nc1nc(NC2CCCCC2)nc(NC2CCCCC2)n1. The molecule has 4 N–H and O–H groups in total. The van der Waals surface area contributed by atoms with Gasteiger partial charge in [-0.05, 0) is 25.7 Å². The summed E-state index contributed by atoms with van der Waals surface area (Å²) in [6, 6.07) is 0.950. The maximum Gasteiger partial charge on any atom is 0.229 e. The van der Waals surface area contributed by atoms with Gasteiger partial charge < -0.3 is 16.4 Å². The monoisotopic (exact) mass is 290 g/mol. The third kappa shape index (κ3) is 4.19. The van der Waals surface area contributed by atoms with Crippen LogP contribution in [-0.4, -0.2) is 27.0 Å². The number of nitrogen functional groups attached to an aromatic ring is 1. The Bertz CT molecular complexity index is 413. The van der Waals surface area contributed by atoms with Crippen LogP contribution in [0.1, 0.15) is 64.2 Å². The fourth-order valence-corrected chi connectivity index (χ4v) is 3.38. The normalized spacial score (nSPS) is 21.1. The maximum absolute atomic E-state index is 5.83. The Kier molecular flexibility index (Phi) is 4.72. The summed E-state index contributed by atoms with van der Waals surface area (Å²) in [6.45, 7) is 0. The molecule has 1 heterocycles. The second-order valence-corrected chi connectivity index (χ2v) is 6.30. The van der Waals surface area contributed by atoms with Crippen LogP contribution in [0.15, 0.2) is 0 Å². The van der Waals surface area contributed by atoms with Crippen molar-refractivity contribution in [2.24, 2.45) is 0 Å². The lowest BCUT2D eigenvalue weighted by Crippen LogP contribution is -2.26. The Labute approximate surface area is 126 Å². The first-order valence-corrected chi connectivity index (χ1v) is 8.34. The second kappa shape index (κ2) is 6.91. The highest BCUT2D eigenvalue weighted by Crippen LogP contribution is 2.22. The van der Waals surface area contributed by atoms with Gasteiger partial charge in [-0.1, -0.05) is 38.5 Å². The van der Waals surface area contributed by atoms with Crippen molar-refractivity contribution in [1.82, 2.24) is 15.0 Å². The van der Waals surface area contributed by atoms with Gasteiger partial charge in [0.1, 0.15) is 0 Å². The summed E-state index contributed by atoms with van der Waals surface area (Å²) in [5.74, 6) is 1.53. The van der Waals surface area contributed by atoms with E-state index in [1.165, 1.54) is 64.2 Å². The summed E-state index contributed by atoms with van der Waals surface area (Å²) < 4.78 is 0. The van der Waals surface area contributed by atoms with Crippen molar-refractivity contribution < 1.29 is 0 Å². The van der Waals surface area contributed by atoms with Gasteiger partial charge in [0.25, 0.3) is 0 Å². The molecule has 3 rings (SSSR count). The zero-order valence-corrected chi connectivity index (χ0v) is 12.6. The quantitative estimate of drug-likeness (QED) is 0.790. The Balaban J connectivity index is 1.63. The maximum atomic E-state index is 5.83. The van der Waals surface area contributed by atoms with E-state index in [2.05, 4.69) is 25.6 Å². The molecule has 0 atom stereocenters. The van der Waals surface area contributed by atoms with Gasteiger partial charge >= 0.3 is 0 Å². The summed E-state index contributed by atoms with van der Waals surface area (Å²) >= 11 is 0. The van der Waals surface area contributed by atoms with E-state index in [0.717, 1.165) is 0 Å². The largest absolute Gasteiger partial charge is 0.368 e. The molecule has 6 heteroatoms. The van der Waals surface area contributed by atoms with Gasteiger partial charge in [-0.25, -0.2) is 0 Å². The molecule has 0 saturated heterocycles. The van der Waals surface area contributed by atoms with E-state index in [1.54, 1.807) is 0 Å². The van der Waals surface area contributed by atoms with E-state index in [1.807, 2.05) is 0 Å². The zero-order valence-electron chi connectivity index (χ0n) is 12.6. The van der Waals surface area contributed by atoms with E-state index >= 15 is 0 Å². The zero-order chi connectivity index (χ0) is 14.5. The van der Waals surface area contributed by atoms with Gasteiger partial charge in [0.15, 0.2) is 0 Å². The van der Waals surface area contributed by atoms with Crippen LogP contribution in [0.4, 0.5) is 17.8 Å². The predicted molar refractivity (Wildman–Crippen MR) is 85.2 cm³/mol. The van der Waals surface area contributed by atoms with Gasteiger partial charge in [-0.15, -0.1) is 0 Å². The Morgan fingerprint density at radius 1 is 0.667 bits per heavy atom. The molecule has 21 heavy (non-hydrogen) atoms. The molecule has 1 aromatic rings. The lowest BCUT2D eigenvalue weighted by atomic mass is 9.96. The third-order valence-electron chi connectivity index (χ3n) is 4.53. The van der Waals surface area contributed by atoms with Gasteiger partial charge in [-0.2, -0.15) is 15.0 Å². The minimum atomic E-state index is 0.293. The number of aromatic nitrogens is 3. The van der Waals surface area contributed by atoms with E-state index in [9.17, 15) is 0 Å². The van der Waals surface area contributed by atoms with Crippen molar-refractivity contribution in [1.29, 1.82) is 0 Å². The third-order valence-corrected chi connectivity index (χ3v) is 4.53. The van der Waals surface area contributed by atoms with Gasteiger partial charge in [-0.3, -0.25) is 0 Å². The molecule has 116 valence electrons. The summed E-state index contributed by atoms with van der Waals surface area (Å²) in [4.78, 5) is 12.9. The lowest BCUT2D eigenvalue weighted by molar-refractivity contribution is 0.458. The summed E-state index contributed by atoms with van der Waals surface area (Å²) in [5.41, 5.74) is 5.83. The fraction of sp³-hybridized carbons (Fsp3) is 0.800. The molecule has 1 aromatic heterocycles. The molecule has 2 aliphatic rings. The molecule has 0 amide bonds. The van der Waals surface area contributed by atoms with Crippen molar-refractivity contribution in [3.8, 4) is 0 Å². The first-order chi connectivity index (χ1) is 10.3. The van der Waals surface area contributed by atoms with Crippen LogP contribution in [0, 0.1) is 0 Å². The molecular formula is C15H26N6. The van der Waals surface area contributed by atoms with Crippen LogP contribution < -0.4 is 16.4 Å². The molecular weight excluding hydrogens is 264 g/mol. The molecule has 2 aliphatic carbocycles. The average Bonchev–Trinajstić information content (AvgIpc) is 2.48. The average molecular weight is 290 g/mol. The number of anilines is 3. The number of nitrogens with zero attached hydrogens (tertiary/aromatic N) is 3. The molecule has 0 radical (unpaired) electrons. The topological polar surface area (TPSA) is 88.8 Å². The van der Waals surface area contributed by atoms with Crippen molar-refractivity contribution >= 4 is 17.8 Å². The van der Waals surface area contributed by atoms with Gasteiger partial charge in [0.05, 0.1) is 0 Å². The smallest absolute Gasteiger partial charge is 0.229 e. The summed E-state index contributed by atoms with van der Waals surface area (Å²) in [7, 11) is 0. The Hall–Kier alpha value is -1.59. The summed E-state index contributed by atoms with van der Waals surface area (Å²) in [6.07, 6.45) is 12.6. The lowest BCUT2D eigenvalue weighted by Gasteiger charge is -2.24. The van der Waals surface area contributed by atoms with Gasteiger partial charge in [0.2, 0.25) is 17.8 Å². The highest BCUT2D eigenvalue weighted by atomic mass is 15.3. The molecule has 0 unspecified atom stereocenters. The molecule has 0 bridgehead atoms. The minimum Gasteiger partial charge on any atom is -0.368 e. The van der Waals surface area contributed by atoms with E-state index in [0.29, 0.717) is 29.9 Å². The van der Waals surface area contributed by atoms with Crippen LogP contribution in [0.2, 0.25) is 0 Å². The number of hydrogen-bond donors (Lipinski definition) is 3. The molecule has 6 nitrogen and oxygen atoms in total. The molecule has 2 fully saturated rings. The highest BCUT2D eigenvalue weighted by Gasteiger charge is 2.17. The molecule has 2 saturated carbocycles.